The van der Waals surface area contributed by atoms with Crippen molar-refractivity contribution in [3.63, 3.8) is 0 Å². The zero-order chi connectivity index (χ0) is 17.2. The molecular formula is C17H14N2O4S. The highest BCUT2D eigenvalue weighted by Gasteiger charge is 2.11. The van der Waals surface area contributed by atoms with Gasteiger partial charge in [0.2, 0.25) is 0 Å². The van der Waals surface area contributed by atoms with Crippen LogP contribution in [0.5, 0.6) is 0 Å². The maximum atomic E-state index is 12.1. The average Bonchev–Trinajstić information content (AvgIpc) is 2.97. The first-order chi connectivity index (χ1) is 11.4. The molecule has 0 radical (unpaired) electrons. The molecule has 0 saturated carbocycles. The summed E-state index contributed by atoms with van der Waals surface area (Å²) in [6.07, 6.45) is 1.50. The van der Waals surface area contributed by atoms with Crippen LogP contribution in [0, 0.1) is 0 Å². The maximum absolute atomic E-state index is 12.1. The number of hydrogen-bond donors (Lipinski definition) is 2. The van der Waals surface area contributed by atoms with E-state index in [1.807, 2.05) is 18.2 Å². The smallest absolute Gasteiger partial charge is 0.284 e. The summed E-state index contributed by atoms with van der Waals surface area (Å²) in [5.41, 5.74) is 6.74. The lowest BCUT2D eigenvalue weighted by molar-refractivity contribution is 0.0976. The van der Waals surface area contributed by atoms with E-state index in [9.17, 15) is 13.2 Å². The van der Waals surface area contributed by atoms with Crippen LogP contribution in [0.15, 0.2) is 64.4 Å². The summed E-state index contributed by atoms with van der Waals surface area (Å²) >= 11 is 0. The van der Waals surface area contributed by atoms with Crippen LogP contribution in [0.25, 0.3) is 17.0 Å². The Balaban J connectivity index is 1.83. The Labute approximate surface area is 138 Å². The highest BCUT2D eigenvalue weighted by Crippen LogP contribution is 2.23. The second kappa shape index (κ2) is 6.21. The summed E-state index contributed by atoms with van der Waals surface area (Å²) in [5, 5.41) is 1.67. The van der Waals surface area contributed by atoms with E-state index in [2.05, 4.69) is 4.72 Å². The molecule has 0 saturated heterocycles. The predicted octanol–water partition coefficient (Wildman–Crippen LogP) is 2.94. The number of benzene rings is 2. The highest BCUT2D eigenvalue weighted by molar-refractivity contribution is 7.95. The molecule has 0 bridgehead atoms. The first-order valence-electron chi connectivity index (χ1n) is 7.02. The number of primary amides is 1. The van der Waals surface area contributed by atoms with E-state index in [1.165, 1.54) is 12.1 Å². The predicted molar refractivity (Wildman–Crippen MR) is 92.8 cm³/mol. The van der Waals surface area contributed by atoms with E-state index in [4.69, 9.17) is 10.2 Å². The third kappa shape index (κ3) is 3.64. The van der Waals surface area contributed by atoms with Gasteiger partial charge in [0, 0.05) is 11.1 Å². The second-order valence-electron chi connectivity index (χ2n) is 5.09. The Bertz CT molecular complexity index is 1020. The van der Waals surface area contributed by atoms with Gasteiger partial charge in [0.05, 0.1) is 5.41 Å². The van der Waals surface area contributed by atoms with Crippen LogP contribution >= 0.6 is 0 Å². The lowest BCUT2D eigenvalue weighted by Gasteiger charge is -2.04. The molecule has 0 atom stereocenters. The molecule has 122 valence electrons. The number of hydrogen-bond acceptors (Lipinski definition) is 4. The Kier molecular flexibility index (Phi) is 4.09. The van der Waals surface area contributed by atoms with Crippen molar-refractivity contribution >= 4 is 38.7 Å². The van der Waals surface area contributed by atoms with Crippen molar-refractivity contribution in [3.05, 3.63) is 71.3 Å². The number of fused-ring (bicyclic) bond motifs is 1. The fraction of sp³-hybridized carbons (Fsp3) is 0. The fourth-order valence-corrected chi connectivity index (χ4v) is 3.02. The third-order valence-corrected chi connectivity index (χ3v) is 4.27. The number of carbonyl (C=O) groups is 1. The number of sulfonamides is 1. The monoisotopic (exact) mass is 342 g/mol. The molecule has 3 rings (SSSR count). The number of amides is 1. The van der Waals surface area contributed by atoms with Gasteiger partial charge in [0.1, 0.15) is 5.58 Å². The second-order valence-corrected chi connectivity index (χ2v) is 6.65. The van der Waals surface area contributed by atoms with Crippen LogP contribution < -0.4 is 10.5 Å². The molecule has 6 nitrogen and oxygen atoms in total. The summed E-state index contributed by atoms with van der Waals surface area (Å²) in [5.74, 6) is -0.659. The largest absolute Gasteiger partial charge is 0.451 e. The Hall–Kier alpha value is -3.06. The maximum Gasteiger partial charge on any atom is 0.284 e. The van der Waals surface area contributed by atoms with Crippen LogP contribution in [-0.4, -0.2) is 14.3 Å². The van der Waals surface area contributed by atoms with E-state index in [-0.39, 0.29) is 5.76 Å². The van der Waals surface area contributed by atoms with Gasteiger partial charge in [0.15, 0.2) is 5.76 Å². The van der Waals surface area contributed by atoms with Gasteiger partial charge in [0.25, 0.3) is 15.9 Å². The Morgan fingerprint density at radius 3 is 2.54 bits per heavy atom. The molecule has 0 spiro atoms. The molecule has 0 aliphatic rings. The number of rotatable bonds is 5. The molecule has 24 heavy (non-hydrogen) atoms. The number of carbonyl (C=O) groups excluding carboxylic acids is 1. The summed E-state index contributed by atoms with van der Waals surface area (Å²) in [7, 11) is -3.66. The van der Waals surface area contributed by atoms with E-state index in [1.54, 1.807) is 30.3 Å². The van der Waals surface area contributed by atoms with Crippen molar-refractivity contribution < 1.29 is 17.6 Å². The topological polar surface area (TPSA) is 102 Å². The lowest BCUT2D eigenvalue weighted by Crippen LogP contribution is -2.09. The molecule has 3 aromatic rings. The van der Waals surface area contributed by atoms with Crippen molar-refractivity contribution in [2.45, 2.75) is 0 Å². The van der Waals surface area contributed by atoms with Gasteiger partial charge >= 0.3 is 0 Å². The van der Waals surface area contributed by atoms with Crippen molar-refractivity contribution in [3.8, 4) is 0 Å². The molecule has 3 N–H and O–H groups in total. The molecule has 0 aliphatic heterocycles. The van der Waals surface area contributed by atoms with Gasteiger partial charge in [-0.1, -0.05) is 30.3 Å². The molecule has 0 fully saturated rings. The van der Waals surface area contributed by atoms with Crippen LogP contribution in [0.2, 0.25) is 0 Å². The third-order valence-electron chi connectivity index (χ3n) is 3.26. The van der Waals surface area contributed by atoms with E-state index in [0.717, 1.165) is 11.0 Å². The van der Waals surface area contributed by atoms with Crippen molar-refractivity contribution in [2.24, 2.45) is 5.73 Å². The number of nitrogens with one attached hydrogen (secondary N) is 1. The molecule has 0 aliphatic carbocycles. The molecule has 7 heteroatoms. The zero-order valence-electron chi connectivity index (χ0n) is 12.5. The Morgan fingerprint density at radius 2 is 1.83 bits per heavy atom. The standard InChI is InChI=1S/C17H14N2O4S/c18-17(20)16-11-13-10-14(6-7-15(13)23-16)19-24(21,22)9-8-12-4-2-1-3-5-12/h1-11,19H,(H2,18,20)/b9-8+. The number of furan rings is 1. The van der Waals surface area contributed by atoms with Crippen LogP contribution in [0.1, 0.15) is 16.1 Å². The minimum atomic E-state index is -3.66. The molecule has 2 aromatic carbocycles. The van der Waals surface area contributed by atoms with Crippen LogP contribution in [-0.2, 0) is 10.0 Å². The van der Waals surface area contributed by atoms with E-state index >= 15 is 0 Å². The number of anilines is 1. The highest BCUT2D eigenvalue weighted by atomic mass is 32.2. The summed E-state index contributed by atoms with van der Waals surface area (Å²) in [6, 6.07) is 15.2. The van der Waals surface area contributed by atoms with E-state index < -0.39 is 15.9 Å². The van der Waals surface area contributed by atoms with Crippen LogP contribution in [0.3, 0.4) is 0 Å². The van der Waals surface area contributed by atoms with Gasteiger partial charge in [-0.3, -0.25) is 9.52 Å². The fourth-order valence-electron chi connectivity index (χ4n) is 2.16. The van der Waals surface area contributed by atoms with Crippen molar-refractivity contribution in [1.82, 2.24) is 0 Å². The normalized spacial score (nSPS) is 11.8. The van der Waals surface area contributed by atoms with Gasteiger partial charge in [-0.15, -0.1) is 0 Å². The summed E-state index contributed by atoms with van der Waals surface area (Å²) in [4.78, 5) is 11.1. The minimum Gasteiger partial charge on any atom is -0.451 e. The number of nitrogens with two attached hydrogens (primary N) is 1. The zero-order valence-corrected chi connectivity index (χ0v) is 13.3. The minimum absolute atomic E-state index is 0.0222. The van der Waals surface area contributed by atoms with Gasteiger partial charge in [-0.2, -0.15) is 0 Å². The average molecular weight is 342 g/mol. The van der Waals surface area contributed by atoms with Crippen LogP contribution in [0.4, 0.5) is 5.69 Å². The lowest BCUT2D eigenvalue weighted by atomic mass is 10.2. The first-order valence-corrected chi connectivity index (χ1v) is 8.57. The van der Waals surface area contributed by atoms with Gasteiger partial charge < -0.3 is 10.2 Å². The van der Waals surface area contributed by atoms with Crippen molar-refractivity contribution in [2.75, 3.05) is 4.72 Å². The van der Waals surface area contributed by atoms with Crippen molar-refractivity contribution in [1.29, 1.82) is 0 Å². The molecule has 1 amide bonds. The van der Waals surface area contributed by atoms with E-state index in [0.29, 0.717) is 16.7 Å². The first kappa shape index (κ1) is 15.8. The molecule has 1 aromatic heterocycles. The SMILES string of the molecule is NC(=O)c1cc2cc(NS(=O)(=O)/C=C/c3ccccc3)ccc2o1. The summed E-state index contributed by atoms with van der Waals surface area (Å²) in [6.45, 7) is 0. The Morgan fingerprint density at radius 1 is 1.08 bits per heavy atom. The van der Waals surface area contributed by atoms with Gasteiger partial charge in [-0.05, 0) is 35.9 Å². The van der Waals surface area contributed by atoms with Gasteiger partial charge in [-0.25, -0.2) is 8.42 Å². The molecular weight excluding hydrogens is 328 g/mol. The quantitative estimate of drug-likeness (QED) is 0.744. The molecule has 0 unspecified atom stereocenters. The molecule has 1 heterocycles. The summed E-state index contributed by atoms with van der Waals surface area (Å²) < 4.78 is 32.0.